The van der Waals surface area contributed by atoms with E-state index in [0.717, 1.165) is 37.2 Å². The Bertz CT molecular complexity index is 1030. The molecule has 3 aliphatic rings. The van der Waals surface area contributed by atoms with E-state index in [-0.39, 0.29) is 25.7 Å². The third-order valence-electron chi connectivity index (χ3n) is 7.34. The van der Waals surface area contributed by atoms with Crippen molar-refractivity contribution in [2.24, 2.45) is 11.7 Å². The molecule has 0 aromatic carbocycles. The van der Waals surface area contributed by atoms with E-state index in [1.54, 1.807) is 10.7 Å². The highest BCUT2D eigenvalue weighted by atomic mass is 19.4. The Morgan fingerprint density at radius 2 is 1.76 bits per heavy atom. The Balaban J connectivity index is 0.000000276. The molecule has 0 amide bonds. The summed E-state index contributed by atoms with van der Waals surface area (Å²) in [6, 6.07) is -0.497. The quantitative estimate of drug-likeness (QED) is 0.401. The van der Waals surface area contributed by atoms with Gasteiger partial charge in [0.2, 0.25) is 5.92 Å². The number of aromatic nitrogens is 4. The topological polar surface area (TPSA) is 81.1 Å². The van der Waals surface area contributed by atoms with E-state index in [9.17, 15) is 22.0 Å². The second-order valence-corrected chi connectivity index (χ2v) is 10.8. The monoisotopic (exact) mass is 544 g/mol. The van der Waals surface area contributed by atoms with Gasteiger partial charge in [-0.3, -0.25) is 0 Å². The molecule has 0 spiro atoms. The number of hydrogen-bond donors (Lipinski definition) is 2. The average molecular weight is 545 g/mol. The molecular formula is C27H41F5N6. The molecule has 214 valence electrons. The fraction of sp³-hybridized carbons (Fsp3) is 0.741. The van der Waals surface area contributed by atoms with Crippen molar-refractivity contribution >= 4 is 5.78 Å². The van der Waals surface area contributed by atoms with E-state index < -0.39 is 18.1 Å². The van der Waals surface area contributed by atoms with Crippen LogP contribution in [0.1, 0.15) is 113 Å². The number of alkyl halides is 5. The number of hydrogen-bond acceptors (Lipinski definition) is 5. The lowest BCUT2D eigenvalue weighted by Gasteiger charge is -2.31. The molecule has 0 bridgehead atoms. The maximum absolute atomic E-state index is 13.7. The predicted octanol–water partition coefficient (Wildman–Crippen LogP) is 7.15. The van der Waals surface area contributed by atoms with Crippen LogP contribution in [0.2, 0.25) is 0 Å². The van der Waals surface area contributed by atoms with Crippen molar-refractivity contribution in [3.63, 3.8) is 0 Å². The third-order valence-corrected chi connectivity index (χ3v) is 7.34. The van der Waals surface area contributed by atoms with E-state index in [1.165, 1.54) is 44.2 Å². The number of nitrogens with zero attached hydrogens (tertiary/aromatic N) is 4. The molecular weight excluding hydrogens is 503 g/mol. The second-order valence-electron chi connectivity index (χ2n) is 10.8. The summed E-state index contributed by atoms with van der Waals surface area (Å²) in [5.41, 5.74) is 10.1. The van der Waals surface area contributed by atoms with Crippen molar-refractivity contribution in [3.05, 3.63) is 35.6 Å². The van der Waals surface area contributed by atoms with Crippen LogP contribution in [0.4, 0.5) is 22.0 Å². The standard InChI is InChI=1S/C19H27F2N5.C6H11N.C2H3F3/c1-12-17(13-6-3-2-4-7-13)24-18-23-15(11-26(18)25-12)16(22)14-8-5-9-19(20,21)10-14;1-6-4-2-3-5-7-6;1-2(3,4)5/h11,13-14,16H,2-10,22H2,1H3;7H,1-5H2;1H3. The van der Waals surface area contributed by atoms with Gasteiger partial charge < -0.3 is 11.1 Å². The van der Waals surface area contributed by atoms with E-state index >= 15 is 0 Å². The molecule has 5 rings (SSSR count). The van der Waals surface area contributed by atoms with Gasteiger partial charge >= 0.3 is 6.18 Å². The molecule has 2 saturated carbocycles. The molecule has 3 heterocycles. The molecule has 6 nitrogen and oxygen atoms in total. The number of nitrogens with one attached hydrogen (secondary N) is 1. The second kappa shape index (κ2) is 13.2. The molecule has 2 aromatic heterocycles. The Kier molecular flexibility index (Phi) is 10.5. The van der Waals surface area contributed by atoms with Crippen LogP contribution < -0.4 is 11.1 Å². The third kappa shape index (κ3) is 9.47. The maximum Gasteiger partial charge on any atom is 0.386 e. The van der Waals surface area contributed by atoms with Crippen LogP contribution in [-0.4, -0.2) is 38.2 Å². The summed E-state index contributed by atoms with van der Waals surface area (Å²) in [5.74, 6) is -1.88. The first-order valence-electron chi connectivity index (χ1n) is 13.7. The minimum absolute atomic E-state index is 0.0333. The Labute approximate surface area is 221 Å². The van der Waals surface area contributed by atoms with Crippen LogP contribution in [0.15, 0.2) is 18.5 Å². The smallest absolute Gasteiger partial charge is 0.386 e. The van der Waals surface area contributed by atoms with Gasteiger partial charge in [0.05, 0.1) is 29.3 Å². The number of piperidine rings is 1. The lowest BCUT2D eigenvalue weighted by atomic mass is 9.81. The molecule has 2 aliphatic carbocycles. The molecule has 11 heteroatoms. The van der Waals surface area contributed by atoms with Gasteiger partial charge in [-0.2, -0.15) is 18.3 Å². The highest BCUT2D eigenvalue weighted by Gasteiger charge is 2.39. The van der Waals surface area contributed by atoms with Gasteiger partial charge in [-0.1, -0.05) is 25.8 Å². The lowest BCUT2D eigenvalue weighted by molar-refractivity contribution is -0.110. The van der Waals surface area contributed by atoms with E-state index in [0.29, 0.717) is 23.8 Å². The summed E-state index contributed by atoms with van der Waals surface area (Å²) < 4.78 is 60.2. The summed E-state index contributed by atoms with van der Waals surface area (Å²) >= 11 is 0. The summed E-state index contributed by atoms with van der Waals surface area (Å²) in [6.07, 6.45) is 8.68. The SMILES string of the molecule is C=C1CCCCN1.CC(F)(F)F.Cc1nn2cc(C(N)C3CCCC(F)(F)C3)nc2nc1C1CCCCC1. The zero-order valence-corrected chi connectivity index (χ0v) is 22.5. The van der Waals surface area contributed by atoms with Gasteiger partial charge in [0.15, 0.2) is 0 Å². The summed E-state index contributed by atoms with van der Waals surface area (Å²) in [6.45, 7) is 7.11. The fourth-order valence-corrected chi connectivity index (χ4v) is 5.43. The average Bonchev–Trinajstić information content (AvgIpc) is 3.25. The first-order chi connectivity index (χ1) is 17.8. The zero-order chi connectivity index (χ0) is 27.9. The highest BCUT2D eigenvalue weighted by Crippen LogP contribution is 2.41. The van der Waals surface area contributed by atoms with E-state index in [1.807, 2.05) is 6.92 Å². The highest BCUT2D eigenvalue weighted by molar-refractivity contribution is 5.33. The number of nitrogens with two attached hydrogens (primary N) is 1. The number of halogens is 5. The van der Waals surface area contributed by atoms with Crippen LogP contribution >= 0.6 is 0 Å². The first-order valence-corrected chi connectivity index (χ1v) is 13.7. The van der Waals surface area contributed by atoms with Gasteiger partial charge in [0.25, 0.3) is 5.78 Å². The van der Waals surface area contributed by atoms with E-state index in [4.69, 9.17) is 10.7 Å². The summed E-state index contributed by atoms with van der Waals surface area (Å²) in [7, 11) is 0. The molecule has 2 aromatic rings. The lowest BCUT2D eigenvalue weighted by Crippen LogP contribution is -2.32. The zero-order valence-electron chi connectivity index (χ0n) is 22.5. The molecule has 1 saturated heterocycles. The Morgan fingerprint density at radius 3 is 2.32 bits per heavy atom. The predicted molar refractivity (Wildman–Crippen MR) is 138 cm³/mol. The molecule has 2 unspecified atom stereocenters. The van der Waals surface area contributed by atoms with Gasteiger partial charge in [-0.15, -0.1) is 0 Å². The fourth-order valence-electron chi connectivity index (χ4n) is 5.43. The number of imidazole rings is 1. The van der Waals surface area contributed by atoms with Gasteiger partial charge in [-0.05, 0) is 57.8 Å². The number of rotatable bonds is 3. The van der Waals surface area contributed by atoms with Crippen LogP contribution in [0.3, 0.4) is 0 Å². The van der Waals surface area contributed by atoms with Crippen molar-refractivity contribution in [3.8, 4) is 0 Å². The number of aryl methyl sites for hydroxylation is 1. The molecule has 38 heavy (non-hydrogen) atoms. The summed E-state index contributed by atoms with van der Waals surface area (Å²) in [5, 5.41) is 7.80. The Morgan fingerprint density at radius 1 is 1.08 bits per heavy atom. The molecule has 1 aliphatic heterocycles. The van der Waals surface area contributed by atoms with Crippen molar-refractivity contribution in [1.29, 1.82) is 0 Å². The van der Waals surface area contributed by atoms with Gasteiger partial charge in [0, 0.05) is 37.9 Å². The largest absolute Gasteiger partial charge is 0.389 e. The molecule has 3 N–H and O–H groups in total. The molecule has 3 fully saturated rings. The Hall–Kier alpha value is -2.30. The van der Waals surface area contributed by atoms with Gasteiger partial charge in [-0.25, -0.2) is 23.3 Å². The number of fused-ring (bicyclic) bond motifs is 1. The van der Waals surface area contributed by atoms with E-state index in [2.05, 4.69) is 22.0 Å². The van der Waals surface area contributed by atoms with Crippen LogP contribution in [0.25, 0.3) is 5.78 Å². The van der Waals surface area contributed by atoms with Crippen molar-refractivity contribution < 1.29 is 22.0 Å². The number of allylic oxidation sites excluding steroid dienone is 1. The van der Waals surface area contributed by atoms with Crippen LogP contribution in [0.5, 0.6) is 0 Å². The van der Waals surface area contributed by atoms with Gasteiger partial charge in [0.1, 0.15) is 0 Å². The summed E-state index contributed by atoms with van der Waals surface area (Å²) in [4.78, 5) is 9.31. The van der Waals surface area contributed by atoms with Crippen molar-refractivity contribution in [2.75, 3.05) is 6.54 Å². The molecule has 0 radical (unpaired) electrons. The van der Waals surface area contributed by atoms with Crippen molar-refractivity contribution in [1.82, 2.24) is 24.9 Å². The maximum atomic E-state index is 13.7. The molecule has 2 atom stereocenters. The van der Waals surface area contributed by atoms with Crippen LogP contribution in [0, 0.1) is 12.8 Å². The first kappa shape index (κ1) is 30.2. The van der Waals surface area contributed by atoms with Crippen molar-refractivity contribution in [2.45, 2.75) is 115 Å². The minimum atomic E-state index is -4.00. The van der Waals surface area contributed by atoms with Crippen LogP contribution in [-0.2, 0) is 0 Å². The normalized spacial score (nSPS) is 22.9. The minimum Gasteiger partial charge on any atom is -0.389 e.